The van der Waals surface area contributed by atoms with Gasteiger partial charge in [0.05, 0.1) is 25.7 Å². The first-order valence-corrected chi connectivity index (χ1v) is 11.5. The molecule has 0 heterocycles. The highest BCUT2D eigenvalue weighted by molar-refractivity contribution is 7.89. The summed E-state index contributed by atoms with van der Waals surface area (Å²) < 4.78 is 48.5. The molecule has 0 aliphatic carbocycles. The van der Waals surface area contributed by atoms with E-state index < -0.39 is 10.0 Å². The molecule has 0 aliphatic heterocycles. The molecule has 1 amide bonds. The Balaban J connectivity index is 1.86. The Hall–Kier alpha value is -2.82. The number of methoxy groups -OCH3 is 3. The van der Waals surface area contributed by atoms with E-state index in [1.807, 2.05) is 19.1 Å². The molecule has 32 heavy (non-hydrogen) atoms. The maximum Gasteiger partial charge on any atom is 0.258 e. The third-order valence-corrected chi connectivity index (χ3v) is 5.96. The molecule has 0 fully saturated rings. The Morgan fingerprint density at radius 3 is 2.31 bits per heavy atom. The van der Waals surface area contributed by atoms with Crippen molar-refractivity contribution in [2.24, 2.45) is 0 Å². The summed E-state index contributed by atoms with van der Waals surface area (Å²) in [5.74, 6) is 1.30. The molecule has 2 aromatic rings. The molecule has 9 nitrogen and oxygen atoms in total. The maximum absolute atomic E-state index is 12.5. The Labute approximate surface area is 189 Å². The summed E-state index contributed by atoms with van der Waals surface area (Å²) in [5, 5.41) is 2.73. The topological polar surface area (TPSA) is 112 Å². The second kappa shape index (κ2) is 12.3. The lowest BCUT2D eigenvalue weighted by Gasteiger charge is -2.13. The smallest absolute Gasteiger partial charge is 0.258 e. The van der Waals surface area contributed by atoms with E-state index in [1.165, 1.54) is 24.3 Å². The van der Waals surface area contributed by atoms with Gasteiger partial charge in [0, 0.05) is 19.7 Å². The van der Waals surface area contributed by atoms with Crippen molar-refractivity contribution in [3.05, 3.63) is 48.0 Å². The molecule has 0 spiro atoms. The van der Waals surface area contributed by atoms with Gasteiger partial charge >= 0.3 is 0 Å². The van der Waals surface area contributed by atoms with Crippen molar-refractivity contribution >= 4 is 15.9 Å². The van der Waals surface area contributed by atoms with Gasteiger partial charge in [0.2, 0.25) is 10.0 Å². The third kappa shape index (κ3) is 7.70. The zero-order chi connectivity index (χ0) is 23.6. The quantitative estimate of drug-likeness (QED) is 0.463. The molecule has 0 aliphatic rings. The molecule has 0 bridgehead atoms. The lowest BCUT2D eigenvalue weighted by Crippen LogP contribution is -2.38. The van der Waals surface area contributed by atoms with E-state index >= 15 is 0 Å². The minimum absolute atomic E-state index is 0.107. The molecule has 0 aromatic heterocycles. The first-order valence-electron chi connectivity index (χ1n) is 10.0. The van der Waals surface area contributed by atoms with Crippen molar-refractivity contribution in [2.45, 2.75) is 24.3 Å². The van der Waals surface area contributed by atoms with Crippen molar-refractivity contribution in [3.63, 3.8) is 0 Å². The van der Waals surface area contributed by atoms with Crippen LogP contribution < -0.4 is 24.2 Å². The fraction of sp³-hybridized carbons (Fsp3) is 0.409. The molecule has 176 valence electrons. The van der Waals surface area contributed by atoms with Crippen LogP contribution in [-0.2, 0) is 26.0 Å². The van der Waals surface area contributed by atoms with E-state index in [1.54, 1.807) is 27.4 Å². The summed E-state index contributed by atoms with van der Waals surface area (Å²) >= 11 is 0. The van der Waals surface area contributed by atoms with Gasteiger partial charge in [0.15, 0.2) is 18.1 Å². The van der Waals surface area contributed by atoms with Crippen LogP contribution in [0.5, 0.6) is 17.2 Å². The molecule has 0 saturated carbocycles. The van der Waals surface area contributed by atoms with Crippen LogP contribution in [0.2, 0.25) is 0 Å². The van der Waals surface area contributed by atoms with Crippen molar-refractivity contribution in [2.75, 3.05) is 41.1 Å². The molecule has 2 rings (SSSR count). The van der Waals surface area contributed by atoms with Gasteiger partial charge in [-0.05, 0) is 55.3 Å². The second-order valence-corrected chi connectivity index (χ2v) is 8.79. The molecule has 0 saturated heterocycles. The van der Waals surface area contributed by atoms with Crippen LogP contribution in [0.15, 0.2) is 47.4 Å². The number of amides is 1. The van der Waals surface area contributed by atoms with Gasteiger partial charge in [-0.25, -0.2) is 13.1 Å². The molecule has 2 N–H and O–H groups in total. The van der Waals surface area contributed by atoms with E-state index in [2.05, 4.69) is 10.0 Å². The average Bonchev–Trinajstić information content (AvgIpc) is 2.78. The normalized spacial score (nSPS) is 12.1. The largest absolute Gasteiger partial charge is 0.493 e. The number of hydrogen-bond acceptors (Lipinski definition) is 7. The predicted octanol–water partition coefficient (Wildman–Crippen LogP) is 1.75. The van der Waals surface area contributed by atoms with Crippen molar-refractivity contribution in [3.8, 4) is 17.2 Å². The van der Waals surface area contributed by atoms with Gasteiger partial charge < -0.3 is 24.3 Å². The van der Waals surface area contributed by atoms with Crippen LogP contribution in [0, 0.1) is 0 Å². The second-order valence-electron chi connectivity index (χ2n) is 7.02. The van der Waals surface area contributed by atoms with Crippen molar-refractivity contribution in [1.82, 2.24) is 10.0 Å². The van der Waals surface area contributed by atoms with E-state index in [0.29, 0.717) is 30.3 Å². The molecule has 2 aromatic carbocycles. The zero-order valence-corrected chi connectivity index (χ0v) is 19.5. The van der Waals surface area contributed by atoms with Gasteiger partial charge in [-0.3, -0.25) is 4.79 Å². The number of sulfonamides is 1. The lowest BCUT2D eigenvalue weighted by molar-refractivity contribution is -0.124. The highest BCUT2D eigenvalue weighted by Gasteiger charge is 2.14. The molecule has 0 radical (unpaired) electrons. The van der Waals surface area contributed by atoms with Crippen molar-refractivity contribution in [1.29, 1.82) is 0 Å². The number of hydrogen-bond donors (Lipinski definition) is 2. The fourth-order valence-corrected chi connectivity index (χ4v) is 3.95. The maximum atomic E-state index is 12.5. The standard InChI is InChI=1S/C22H30N2O7S/c1-16(14-28-2)24-22(25)15-31-18-6-8-19(9-7-18)32(26,27)23-12-11-17-5-10-20(29-3)21(13-17)30-4/h5-10,13,16,23H,11-12,14-15H2,1-4H3,(H,24,25)/t16-/m0/s1. The van der Waals surface area contributed by atoms with Gasteiger partial charge in [0.1, 0.15) is 5.75 Å². The Bertz CT molecular complexity index is 978. The van der Waals surface area contributed by atoms with Gasteiger partial charge in [-0.2, -0.15) is 0 Å². The summed E-state index contributed by atoms with van der Waals surface area (Å²) in [6.07, 6.45) is 0.484. The average molecular weight is 467 g/mol. The number of carbonyl (C=O) groups is 1. The summed E-state index contributed by atoms with van der Waals surface area (Å²) in [6, 6.07) is 11.2. The number of ether oxygens (including phenoxy) is 4. The van der Waals surface area contributed by atoms with Crippen LogP contribution >= 0.6 is 0 Å². The van der Waals surface area contributed by atoms with Gasteiger partial charge in [-0.1, -0.05) is 6.07 Å². The zero-order valence-electron chi connectivity index (χ0n) is 18.7. The monoisotopic (exact) mass is 466 g/mol. The minimum Gasteiger partial charge on any atom is -0.493 e. The van der Waals surface area contributed by atoms with Gasteiger partial charge in [0.25, 0.3) is 5.91 Å². The number of nitrogens with one attached hydrogen (secondary N) is 2. The summed E-state index contributed by atoms with van der Waals surface area (Å²) in [6.45, 7) is 2.26. The van der Waals surface area contributed by atoms with Crippen LogP contribution in [0.25, 0.3) is 0 Å². The van der Waals surface area contributed by atoms with Crippen LogP contribution in [0.3, 0.4) is 0 Å². The van der Waals surface area contributed by atoms with Crippen molar-refractivity contribution < 1.29 is 32.2 Å². The highest BCUT2D eigenvalue weighted by atomic mass is 32.2. The molecular weight excluding hydrogens is 436 g/mol. The van der Waals surface area contributed by atoms with Crippen LogP contribution in [0.4, 0.5) is 0 Å². The fourth-order valence-electron chi connectivity index (χ4n) is 2.92. The first kappa shape index (κ1) is 25.4. The minimum atomic E-state index is -3.68. The molecule has 1 atom stereocenters. The van der Waals surface area contributed by atoms with Crippen LogP contribution in [0.1, 0.15) is 12.5 Å². The van der Waals surface area contributed by atoms with E-state index in [9.17, 15) is 13.2 Å². The van der Waals surface area contributed by atoms with E-state index in [4.69, 9.17) is 18.9 Å². The number of rotatable bonds is 13. The number of benzene rings is 2. The third-order valence-electron chi connectivity index (χ3n) is 4.48. The summed E-state index contributed by atoms with van der Waals surface area (Å²) in [5.41, 5.74) is 0.909. The summed E-state index contributed by atoms with van der Waals surface area (Å²) in [4.78, 5) is 11.9. The molecule has 10 heteroatoms. The van der Waals surface area contributed by atoms with E-state index in [-0.39, 0.29) is 30.0 Å². The van der Waals surface area contributed by atoms with Crippen LogP contribution in [-0.4, -0.2) is 61.5 Å². The highest BCUT2D eigenvalue weighted by Crippen LogP contribution is 2.27. The molecule has 0 unspecified atom stereocenters. The summed E-state index contributed by atoms with van der Waals surface area (Å²) in [7, 11) is 0.975. The lowest BCUT2D eigenvalue weighted by atomic mass is 10.1. The Morgan fingerprint density at radius 1 is 1.00 bits per heavy atom. The SMILES string of the molecule is COC[C@H](C)NC(=O)COc1ccc(S(=O)(=O)NCCc2ccc(OC)c(OC)c2)cc1. The van der Waals surface area contributed by atoms with Gasteiger partial charge in [-0.15, -0.1) is 0 Å². The molecular formula is C22H30N2O7S. The van der Waals surface area contributed by atoms with E-state index in [0.717, 1.165) is 5.56 Å². The first-order chi connectivity index (χ1) is 15.3. The Morgan fingerprint density at radius 2 is 1.69 bits per heavy atom. The predicted molar refractivity (Wildman–Crippen MR) is 120 cm³/mol. The Kier molecular flexibility index (Phi) is 9.76. The number of carbonyl (C=O) groups excluding carboxylic acids is 1.